The molecular weight excluding hydrogens is 382 g/mol. The zero-order valence-corrected chi connectivity index (χ0v) is 17.3. The number of urea groups is 1. The van der Waals surface area contributed by atoms with E-state index in [2.05, 4.69) is 11.4 Å². The van der Waals surface area contributed by atoms with Crippen LogP contribution in [0.5, 0.6) is 0 Å². The lowest BCUT2D eigenvalue weighted by Crippen LogP contribution is -2.51. The van der Waals surface area contributed by atoms with E-state index in [0.717, 1.165) is 29.1 Å². The number of carbonyl (C=O) groups excluding carboxylic acids is 2. The Labute approximate surface area is 167 Å². The van der Waals surface area contributed by atoms with Crippen molar-refractivity contribution in [1.82, 2.24) is 15.2 Å². The molecule has 1 fully saturated rings. The van der Waals surface area contributed by atoms with Crippen LogP contribution in [0.2, 0.25) is 0 Å². The Morgan fingerprint density at radius 1 is 1.44 bits per heavy atom. The van der Waals surface area contributed by atoms with Crippen molar-refractivity contribution >= 4 is 45.3 Å². The van der Waals surface area contributed by atoms with Crippen LogP contribution in [0.1, 0.15) is 30.2 Å². The number of nitrogens with one attached hydrogen (secondary N) is 1. The number of methoxy groups -OCH3 is 1. The summed E-state index contributed by atoms with van der Waals surface area (Å²) in [6.07, 6.45) is 4.50. The first-order valence-corrected chi connectivity index (χ1v) is 11.3. The van der Waals surface area contributed by atoms with E-state index in [1.165, 1.54) is 11.8 Å². The third-order valence-electron chi connectivity index (χ3n) is 4.76. The lowest BCUT2D eigenvalue weighted by Gasteiger charge is -2.32. The molecule has 0 aliphatic carbocycles. The lowest BCUT2D eigenvalue weighted by atomic mass is 9.99. The lowest BCUT2D eigenvalue weighted by molar-refractivity contribution is -0.142. The Morgan fingerprint density at radius 2 is 2.26 bits per heavy atom. The van der Waals surface area contributed by atoms with Gasteiger partial charge in [-0.05, 0) is 43.4 Å². The smallest absolute Gasteiger partial charge is 0.328 e. The highest BCUT2D eigenvalue weighted by Gasteiger charge is 2.29. The highest BCUT2D eigenvalue weighted by molar-refractivity contribution is 7.98. The number of carbonyl (C=O) groups is 2. The summed E-state index contributed by atoms with van der Waals surface area (Å²) in [5, 5.41) is 3.94. The Bertz CT molecular complexity index is 762. The van der Waals surface area contributed by atoms with Crippen molar-refractivity contribution in [1.29, 1.82) is 0 Å². The second-order valence-electron chi connectivity index (χ2n) is 6.61. The zero-order chi connectivity index (χ0) is 19.2. The van der Waals surface area contributed by atoms with Gasteiger partial charge >= 0.3 is 12.0 Å². The summed E-state index contributed by atoms with van der Waals surface area (Å²) < 4.78 is 6.01. The zero-order valence-electron chi connectivity index (χ0n) is 15.6. The number of thiazole rings is 1. The molecule has 146 valence electrons. The summed E-state index contributed by atoms with van der Waals surface area (Å²) >= 11 is 3.35. The number of rotatable bonds is 6. The number of likely N-dealkylation sites (tertiary alicyclic amines) is 1. The highest BCUT2D eigenvalue weighted by Crippen LogP contribution is 2.32. The molecule has 2 heterocycles. The van der Waals surface area contributed by atoms with Crippen molar-refractivity contribution in [2.24, 2.45) is 0 Å². The molecule has 1 saturated heterocycles. The maximum Gasteiger partial charge on any atom is 0.328 e. The van der Waals surface area contributed by atoms with Crippen molar-refractivity contribution in [3.05, 3.63) is 29.3 Å². The quantitative estimate of drug-likeness (QED) is 0.743. The number of hydrogen-bond acceptors (Lipinski definition) is 6. The van der Waals surface area contributed by atoms with Gasteiger partial charge < -0.3 is 15.0 Å². The van der Waals surface area contributed by atoms with E-state index in [-0.39, 0.29) is 11.9 Å². The minimum Gasteiger partial charge on any atom is -0.467 e. The first kappa shape index (κ1) is 19.9. The molecule has 1 aliphatic heterocycles. The Balaban J connectivity index is 1.65. The van der Waals surface area contributed by atoms with Crippen molar-refractivity contribution in [3.8, 4) is 0 Å². The number of amides is 2. The van der Waals surface area contributed by atoms with E-state index in [4.69, 9.17) is 9.72 Å². The molecular formula is C19H25N3O3S2. The maximum atomic E-state index is 12.7. The van der Waals surface area contributed by atoms with Crippen molar-refractivity contribution in [2.75, 3.05) is 32.2 Å². The number of esters is 1. The van der Waals surface area contributed by atoms with Crippen LogP contribution in [0.4, 0.5) is 4.79 Å². The third-order valence-corrected chi connectivity index (χ3v) is 6.61. The van der Waals surface area contributed by atoms with E-state index < -0.39 is 12.0 Å². The molecule has 0 unspecified atom stereocenters. The van der Waals surface area contributed by atoms with E-state index in [1.807, 2.05) is 24.5 Å². The van der Waals surface area contributed by atoms with Crippen LogP contribution in [-0.2, 0) is 9.53 Å². The average Bonchev–Trinajstić information content (AvgIpc) is 3.14. The van der Waals surface area contributed by atoms with Crippen LogP contribution in [0.15, 0.2) is 24.3 Å². The molecule has 0 radical (unpaired) electrons. The third kappa shape index (κ3) is 4.93. The van der Waals surface area contributed by atoms with E-state index in [1.54, 1.807) is 28.0 Å². The molecule has 27 heavy (non-hydrogen) atoms. The predicted molar refractivity (Wildman–Crippen MR) is 111 cm³/mol. The van der Waals surface area contributed by atoms with Crippen molar-refractivity contribution in [2.45, 2.75) is 31.2 Å². The van der Waals surface area contributed by atoms with Crippen LogP contribution in [0.25, 0.3) is 10.2 Å². The Morgan fingerprint density at radius 3 is 3.00 bits per heavy atom. The van der Waals surface area contributed by atoms with Gasteiger partial charge in [0.05, 0.1) is 22.3 Å². The molecule has 0 bridgehead atoms. The Hall–Kier alpha value is -1.80. The molecule has 6 nitrogen and oxygen atoms in total. The van der Waals surface area contributed by atoms with Gasteiger partial charge in [-0.2, -0.15) is 11.8 Å². The number of hydrogen-bond donors (Lipinski definition) is 1. The fraction of sp³-hybridized carbons (Fsp3) is 0.526. The van der Waals surface area contributed by atoms with Crippen LogP contribution >= 0.6 is 23.1 Å². The average molecular weight is 408 g/mol. The molecule has 0 spiro atoms. The standard InChI is InChI=1S/C19H25N3O3S2/c1-25-18(23)15(9-11-26-2)21-19(24)22-10-5-6-13(12-22)17-20-14-7-3-4-8-16(14)27-17/h3-4,7-8,13,15H,5-6,9-12H2,1-2H3,(H,21,24)/t13-,15+/m1/s1. The van der Waals surface area contributed by atoms with Crippen LogP contribution in [0.3, 0.4) is 0 Å². The molecule has 3 rings (SSSR count). The first-order chi connectivity index (χ1) is 13.1. The molecule has 2 atom stereocenters. The highest BCUT2D eigenvalue weighted by atomic mass is 32.2. The van der Waals surface area contributed by atoms with Gasteiger partial charge in [0.15, 0.2) is 0 Å². The molecule has 1 aromatic carbocycles. The van der Waals surface area contributed by atoms with Gasteiger partial charge in [-0.15, -0.1) is 11.3 Å². The molecule has 1 N–H and O–H groups in total. The van der Waals surface area contributed by atoms with Gasteiger partial charge in [0, 0.05) is 19.0 Å². The molecule has 8 heteroatoms. The van der Waals surface area contributed by atoms with E-state index in [9.17, 15) is 9.59 Å². The molecule has 2 aromatic rings. The minimum absolute atomic E-state index is 0.197. The minimum atomic E-state index is -0.599. The SMILES string of the molecule is COC(=O)[C@H](CCSC)NC(=O)N1CCC[C@@H](c2nc3ccccc3s2)C1. The number of ether oxygens (including phenoxy) is 1. The second-order valence-corrected chi connectivity index (χ2v) is 8.66. The number of fused-ring (bicyclic) bond motifs is 1. The normalized spacial score (nSPS) is 18.3. The number of nitrogens with zero attached hydrogens (tertiary/aromatic N) is 2. The summed E-state index contributed by atoms with van der Waals surface area (Å²) in [5.41, 5.74) is 1.02. The Kier molecular flexibility index (Phi) is 6.95. The summed E-state index contributed by atoms with van der Waals surface area (Å²) in [5.74, 6) is 0.635. The summed E-state index contributed by atoms with van der Waals surface area (Å²) in [7, 11) is 1.35. The largest absolute Gasteiger partial charge is 0.467 e. The second kappa shape index (κ2) is 9.41. The number of thioether (sulfide) groups is 1. The number of benzene rings is 1. The molecule has 0 saturated carbocycles. The van der Waals surface area contributed by atoms with E-state index >= 15 is 0 Å². The van der Waals surface area contributed by atoms with E-state index in [0.29, 0.717) is 19.5 Å². The topological polar surface area (TPSA) is 71.5 Å². The molecule has 1 aromatic heterocycles. The van der Waals surface area contributed by atoms with Gasteiger partial charge in [-0.1, -0.05) is 12.1 Å². The van der Waals surface area contributed by atoms with Crippen LogP contribution < -0.4 is 5.32 Å². The number of piperidine rings is 1. The summed E-state index contributed by atoms with van der Waals surface area (Å²) in [4.78, 5) is 31.2. The number of aromatic nitrogens is 1. The van der Waals surface area contributed by atoms with Crippen LogP contribution in [-0.4, -0.2) is 60.1 Å². The monoisotopic (exact) mass is 407 g/mol. The van der Waals surface area contributed by atoms with Gasteiger partial charge in [-0.3, -0.25) is 0 Å². The predicted octanol–water partition coefficient (Wildman–Crippen LogP) is 3.48. The fourth-order valence-electron chi connectivity index (χ4n) is 3.30. The molecule has 1 aliphatic rings. The van der Waals surface area contributed by atoms with Gasteiger partial charge in [0.25, 0.3) is 0 Å². The first-order valence-electron chi connectivity index (χ1n) is 9.10. The van der Waals surface area contributed by atoms with Gasteiger partial charge in [0.1, 0.15) is 6.04 Å². The summed E-state index contributed by atoms with van der Waals surface area (Å²) in [6, 6.07) is 7.32. The summed E-state index contributed by atoms with van der Waals surface area (Å²) in [6.45, 7) is 1.33. The number of para-hydroxylation sites is 1. The van der Waals surface area contributed by atoms with Gasteiger partial charge in [0.2, 0.25) is 0 Å². The van der Waals surface area contributed by atoms with Gasteiger partial charge in [-0.25, -0.2) is 14.6 Å². The van der Waals surface area contributed by atoms with Crippen molar-refractivity contribution < 1.29 is 14.3 Å². The van der Waals surface area contributed by atoms with Crippen molar-refractivity contribution in [3.63, 3.8) is 0 Å². The maximum absolute atomic E-state index is 12.7. The molecule has 2 amide bonds. The van der Waals surface area contributed by atoms with Crippen LogP contribution in [0, 0.1) is 0 Å². The fourth-order valence-corrected chi connectivity index (χ4v) is 4.86.